The van der Waals surface area contributed by atoms with Crippen LogP contribution in [0.3, 0.4) is 0 Å². The molecule has 156 valence electrons. The summed E-state index contributed by atoms with van der Waals surface area (Å²) in [5.41, 5.74) is 4.58. The Hall–Kier alpha value is -3.70. The number of imidazole rings is 1. The van der Waals surface area contributed by atoms with Gasteiger partial charge in [-0.15, -0.1) is 0 Å². The zero-order valence-electron chi connectivity index (χ0n) is 17.5. The van der Waals surface area contributed by atoms with Crippen LogP contribution in [0, 0.1) is 18.3 Å². The van der Waals surface area contributed by atoms with E-state index in [1.165, 1.54) is 0 Å². The van der Waals surface area contributed by atoms with Crippen molar-refractivity contribution in [1.82, 2.24) is 19.4 Å². The highest BCUT2D eigenvalue weighted by atomic mass is 16.5. The molecule has 1 atom stereocenters. The lowest BCUT2D eigenvalue weighted by Gasteiger charge is -2.29. The summed E-state index contributed by atoms with van der Waals surface area (Å²) < 4.78 is 7.39. The van der Waals surface area contributed by atoms with Crippen molar-refractivity contribution in [2.45, 2.75) is 19.9 Å². The lowest BCUT2D eigenvalue weighted by molar-refractivity contribution is 0.122. The average Bonchev–Trinajstić information content (AvgIpc) is 3.28. The maximum atomic E-state index is 9.39. The lowest BCUT2D eigenvalue weighted by atomic mass is 9.98. The molecule has 1 unspecified atom stereocenters. The third-order valence-electron chi connectivity index (χ3n) is 5.86. The highest BCUT2D eigenvalue weighted by molar-refractivity contribution is 5.91. The Morgan fingerprint density at radius 2 is 2.06 bits per heavy atom. The standard InChI is InChI=1S/C23H23N7O/c1-15-17(13-24)4-3-5-19(15)16(2)27-21-20-12-18(29-8-10-31-11-9-29)14-26-22(20)30-7-6-25-23(30)28-21/h3-7,12,14,16H,8-11H2,1-2H3,(H,25,27,28). The molecule has 3 aromatic heterocycles. The molecule has 1 N–H and O–H groups in total. The Labute approximate surface area is 180 Å². The first-order valence-electron chi connectivity index (χ1n) is 10.4. The van der Waals surface area contributed by atoms with Crippen molar-refractivity contribution in [2.75, 3.05) is 36.5 Å². The van der Waals surface area contributed by atoms with Crippen LogP contribution in [0.1, 0.15) is 29.7 Å². The van der Waals surface area contributed by atoms with Gasteiger partial charge >= 0.3 is 0 Å². The summed E-state index contributed by atoms with van der Waals surface area (Å²) in [6.07, 6.45) is 5.51. The van der Waals surface area contributed by atoms with Crippen LogP contribution in [0.25, 0.3) is 16.8 Å². The fourth-order valence-electron chi connectivity index (χ4n) is 4.15. The highest BCUT2D eigenvalue weighted by Gasteiger charge is 2.18. The maximum absolute atomic E-state index is 9.39. The molecule has 0 aliphatic carbocycles. The quantitative estimate of drug-likeness (QED) is 0.548. The van der Waals surface area contributed by atoms with Gasteiger partial charge in [0.05, 0.1) is 48.2 Å². The molecule has 1 saturated heterocycles. The number of fused-ring (bicyclic) bond motifs is 3. The summed E-state index contributed by atoms with van der Waals surface area (Å²) in [7, 11) is 0. The molecule has 8 nitrogen and oxygen atoms in total. The molecule has 1 aliphatic rings. The maximum Gasteiger partial charge on any atom is 0.237 e. The molecular weight excluding hydrogens is 390 g/mol. The number of nitrogens with zero attached hydrogens (tertiary/aromatic N) is 6. The van der Waals surface area contributed by atoms with E-state index in [0.717, 1.165) is 46.8 Å². The van der Waals surface area contributed by atoms with Crippen molar-refractivity contribution in [2.24, 2.45) is 0 Å². The van der Waals surface area contributed by atoms with Crippen LogP contribution < -0.4 is 10.2 Å². The predicted molar refractivity (Wildman–Crippen MR) is 119 cm³/mol. The Morgan fingerprint density at radius 3 is 2.87 bits per heavy atom. The van der Waals surface area contributed by atoms with Crippen LogP contribution in [-0.4, -0.2) is 45.7 Å². The first kappa shape index (κ1) is 19.3. The summed E-state index contributed by atoms with van der Waals surface area (Å²) in [5, 5.41) is 13.9. The number of pyridine rings is 1. The fourth-order valence-corrected chi connectivity index (χ4v) is 4.15. The molecule has 4 aromatic rings. The number of benzene rings is 1. The summed E-state index contributed by atoms with van der Waals surface area (Å²) in [6, 6.07) is 10.2. The molecular formula is C23H23N7O. The summed E-state index contributed by atoms with van der Waals surface area (Å²) in [4.78, 5) is 16.2. The zero-order valence-corrected chi connectivity index (χ0v) is 17.5. The van der Waals surface area contributed by atoms with Crippen molar-refractivity contribution in [3.63, 3.8) is 0 Å². The predicted octanol–water partition coefficient (Wildman–Crippen LogP) is 3.47. The van der Waals surface area contributed by atoms with Gasteiger partial charge in [0, 0.05) is 25.5 Å². The minimum Gasteiger partial charge on any atom is -0.378 e. The number of morpholine rings is 1. The van der Waals surface area contributed by atoms with Crippen molar-refractivity contribution < 1.29 is 4.74 Å². The third kappa shape index (κ3) is 3.43. The van der Waals surface area contributed by atoms with E-state index in [1.54, 1.807) is 6.20 Å². The third-order valence-corrected chi connectivity index (χ3v) is 5.86. The number of ether oxygens (including phenoxy) is 1. The molecule has 1 aliphatic heterocycles. The van der Waals surface area contributed by atoms with Gasteiger partial charge in [-0.25, -0.2) is 9.97 Å². The normalized spacial score (nSPS) is 15.2. The van der Waals surface area contributed by atoms with Crippen LogP contribution >= 0.6 is 0 Å². The van der Waals surface area contributed by atoms with Gasteiger partial charge in [-0.3, -0.25) is 4.40 Å². The van der Waals surface area contributed by atoms with E-state index >= 15 is 0 Å². The van der Waals surface area contributed by atoms with E-state index in [4.69, 9.17) is 14.7 Å². The number of anilines is 2. The van der Waals surface area contributed by atoms with E-state index in [-0.39, 0.29) is 6.04 Å². The molecule has 0 bridgehead atoms. The second-order valence-electron chi connectivity index (χ2n) is 7.72. The van der Waals surface area contributed by atoms with Gasteiger partial charge in [0.1, 0.15) is 5.82 Å². The van der Waals surface area contributed by atoms with Crippen LogP contribution in [0.2, 0.25) is 0 Å². The van der Waals surface area contributed by atoms with E-state index in [9.17, 15) is 5.26 Å². The first-order valence-corrected chi connectivity index (χ1v) is 10.4. The van der Waals surface area contributed by atoms with E-state index in [2.05, 4.69) is 34.3 Å². The Kier molecular flexibility index (Phi) is 4.88. The zero-order chi connectivity index (χ0) is 21.4. The lowest BCUT2D eigenvalue weighted by Crippen LogP contribution is -2.36. The fraction of sp³-hybridized carbons (Fsp3) is 0.304. The topological polar surface area (TPSA) is 91.4 Å². The largest absolute Gasteiger partial charge is 0.378 e. The summed E-state index contributed by atoms with van der Waals surface area (Å²) in [6.45, 7) is 7.17. The van der Waals surface area contributed by atoms with Gasteiger partial charge in [0.15, 0.2) is 5.65 Å². The van der Waals surface area contributed by atoms with Crippen LogP contribution in [-0.2, 0) is 4.74 Å². The second-order valence-corrected chi connectivity index (χ2v) is 7.72. The van der Waals surface area contributed by atoms with Crippen molar-refractivity contribution >= 4 is 28.3 Å². The Balaban J connectivity index is 1.60. The van der Waals surface area contributed by atoms with Gasteiger partial charge in [0.2, 0.25) is 5.78 Å². The molecule has 0 amide bonds. The summed E-state index contributed by atoms with van der Waals surface area (Å²) >= 11 is 0. The van der Waals surface area contributed by atoms with Crippen LogP contribution in [0.4, 0.5) is 11.5 Å². The summed E-state index contributed by atoms with van der Waals surface area (Å²) in [5.74, 6) is 1.32. The van der Waals surface area contributed by atoms with Crippen molar-refractivity contribution in [1.29, 1.82) is 5.26 Å². The molecule has 0 radical (unpaired) electrons. The molecule has 8 heteroatoms. The van der Waals surface area contributed by atoms with Gasteiger partial charge in [-0.2, -0.15) is 10.2 Å². The van der Waals surface area contributed by atoms with Crippen LogP contribution in [0.5, 0.6) is 0 Å². The molecule has 31 heavy (non-hydrogen) atoms. The van der Waals surface area contributed by atoms with Crippen molar-refractivity contribution in [3.05, 3.63) is 59.5 Å². The van der Waals surface area contributed by atoms with Crippen molar-refractivity contribution in [3.8, 4) is 6.07 Å². The minimum absolute atomic E-state index is 0.0477. The second kappa shape index (κ2) is 7.85. The number of hydrogen-bond acceptors (Lipinski definition) is 7. The number of nitrogens with one attached hydrogen (secondary N) is 1. The Morgan fingerprint density at radius 1 is 1.23 bits per heavy atom. The minimum atomic E-state index is -0.0477. The van der Waals surface area contributed by atoms with Gasteiger partial charge in [-0.1, -0.05) is 12.1 Å². The van der Waals surface area contributed by atoms with E-state index < -0.39 is 0 Å². The number of rotatable bonds is 4. The number of nitriles is 1. The van der Waals surface area contributed by atoms with Crippen LogP contribution in [0.15, 0.2) is 42.9 Å². The molecule has 4 heterocycles. The number of hydrogen-bond donors (Lipinski definition) is 1. The van der Waals surface area contributed by atoms with E-state index in [0.29, 0.717) is 24.6 Å². The number of aromatic nitrogens is 4. The van der Waals surface area contributed by atoms with E-state index in [1.807, 2.05) is 41.9 Å². The van der Waals surface area contributed by atoms with Gasteiger partial charge in [0.25, 0.3) is 0 Å². The molecule has 0 saturated carbocycles. The highest BCUT2D eigenvalue weighted by Crippen LogP contribution is 2.30. The average molecular weight is 413 g/mol. The Bertz CT molecular complexity index is 1300. The van der Waals surface area contributed by atoms with Gasteiger partial charge < -0.3 is 15.0 Å². The smallest absolute Gasteiger partial charge is 0.237 e. The molecule has 0 spiro atoms. The SMILES string of the molecule is Cc1c(C#N)cccc1C(C)Nc1nc2nccn2c2ncc(N3CCOCC3)cc12. The first-order chi connectivity index (χ1) is 15.2. The molecule has 5 rings (SSSR count). The van der Waals surface area contributed by atoms with Gasteiger partial charge in [-0.05, 0) is 37.1 Å². The molecule has 1 fully saturated rings. The monoisotopic (exact) mass is 413 g/mol. The molecule has 1 aromatic carbocycles.